The van der Waals surface area contributed by atoms with Gasteiger partial charge in [0, 0.05) is 6.04 Å². The second kappa shape index (κ2) is 12.4. The van der Waals surface area contributed by atoms with Gasteiger partial charge in [-0.25, -0.2) is 0 Å². The van der Waals surface area contributed by atoms with Crippen molar-refractivity contribution in [2.24, 2.45) is 0 Å². The SMILES string of the molecule is CCCCN(CCCC)C(C)CCNCCC. The molecule has 0 bridgehead atoms. The van der Waals surface area contributed by atoms with Gasteiger partial charge in [-0.1, -0.05) is 33.6 Å². The molecule has 0 aromatic carbocycles. The minimum Gasteiger partial charge on any atom is -0.317 e. The van der Waals surface area contributed by atoms with E-state index in [1.807, 2.05) is 0 Å². The number of nitrogens with zero attached hydrogens (tertiary/aromatic N) is 1. The van der Waals surface area contributed by atoms with Crippen molar-refractivity contribution in [1.82, 2.24) is 10.2 Å². The van der Waals surface area contributed by atoms with E-state index in [2.05, 4.69) is 37.9 Å². The molecule has 0 fully saturated rings. The van der Waals surface area contributed by atoms with E-state index in [0.29, 0.717) is 0 Å². The molecule has 0 rings (SSSR count). The topological polar surface area (TPSA) is 15.3 Å². The number of nitrogens with one attached hydrogen (secondary N) is 1. The highest BCUT2D eigenvalue weighted by Gasteiger charge is 2.11. The summed E-state index contributed by atoms with van der Waals surface area (Å²) in [5.74, 6) is 0. The van der Waals surface area contributed by atoms with Gasteiger partial charge < -0.3 is 10.2 Å². The van der Waals surface area contributed by atoms with Crippen molar-refractivity contribution in [3.8, 4) is 0 Å². The molecule has 0 aliphatic rings. The minimum atomic E-state index is 0.734. The van der Waals surface area contributed by atoms with Crippen molar-refractivity contribution in [2.75, 3.05) is 26.2 Å². The molecule has 0 radical (unpaired) electrons. The van der Waals surface area contributed by atoms with E-state index in [1.165, 1.54) is 58.2 Å². The molecule has 0 aliphatic carbocycles. The summed E-state index contributed by atoms with van der Waals surface area (Å²) < 4.78 is 0. The van der Waals surface area contributed by atoms with E-state index >= 15 is 0 Å². The molecule has 0 aromatic heterocycles. The van der Waals surface area contributed by atoms with Gasteiger partial charge in [-0.3, -0.25) is 0 Å². The third-order valence-electron chi connectivity index (χ3n) is 3.39. The lowest BCUT2D eigenvalue weighted by atomic mass is 10.1. The van der Waals surface area contributed by atoms with Crippen molar-refractivity contribution in [3.63, 3.8) is 0 Å². The Balaban J connectivity index is 3.80. The van der Waals surface area contributed by atoms with Crippen molar-refractivity contribution in [1.29, 1.82) is 0 Å². The van der Waals surface area contributed by atoms with E-state index in [9.17, 15) is 0 Å². The van der Waals surface area contributed by atoms with Crippen LogP contribution in [0, 0.1) is 0 Å². The fourth-order valence-electron chi connectivity index (χ4n) is 2.07. The van der Waals surface area contributed by atoms with Crippen LogP contribution in [0.5, 0.6) is 0 Å². The zero-order valence-electron chi connectivity index (χ0n) is 12.6. The van der Waals surface area contributed by atoms with Crippen LogP contribution in [-0.2, 0) is 0 Å². The summed E-state index contributed by atoms with van der Waals surface area (Å²) in [6, 6.07) is 0.734. The highest BCUT2D eigenvalue weighted by Crippen LogP contribution is 2.07. The molecule has 0 aromatic rings. The second-order valence-electron chi connectivity index (χ2n) is 5.13. The Kier molecular flexibility index (Phi) is 12.3. The first-order valence-corrected chi connectivity index (χ1v) is 7.70. The molecular formula is C15H34N2. The predicted molar refractivity (Wildman–Crippen MR) is 78.6 cm³/mol. The smallest absolute Gasteiger partial charge is 0.00790 e. The zero-order valence-corrected chi connectivity index (χ0v) is 12.6. The Bertz CT molecular complexity index is 140. The van der Waals surface area contributed by atoms with E-state index in [0.717, 1.165) is 12.6 Å². The van der Waals surface area contributed by atoms with E-state index in [-0.39, 0.29) is 0 Å². The molecular weight excluding hydrogens is 208 g/mol. The second-order valence-corrected chi connectivity index (χ2v) is 5.13. The summed E-state index contributed by atoms with van der Waals surface area (Å²) in [6.45, 7) is 14.1. The molecule has 2 nitrogen and oxygen atoms in total. The summed E-state index contributed by atoms with van der Waals surface area (Å²) >= 11 is 0. The van der Waals surface area contributed by atoms with Crippen LogP contribution < -0.4 is 5.32 Å². The van der Waals surface area contributed by atoms with Crippen LogP contribution in [0.4, 0.5) is 0 Å². The van der Waals surface area contributed by atoms with Crippen LogP contribution in [0.1, 0.15) is 66.2 Å². The molecule has 104 valence electrons. The van der Waals surface area contributed by atoms with Crippen molar-refractivity contribution in [2.45, 2.75) is 72.3 Å². The van der Waals surface area contributed by atoms with Gasteiger partial charge in [-0.05, 0) is 58.8 Å². The number of rotatable bonds is 12. The molecule has 0 amide bonds. The van der Waals surface area contributed by atoms with E-state index in [1.54, 1.807) is 0 Å². The van der Waals surface area contributed by atoms with Crippen molar-refractivity contribution < 1.29 is 0 Å². The lowest BCUT2D eigenvalue weighted by molar-refractivity contribution is 0.193. The third kappa shape index (κ3) is 9.61. The van der Waals surface area contributed by atoms with E-state index in [4.69, 9.17) is 0 Å². The fraction of sp³-hybridized carbons (Fsp3) is 1.00. The standard InChI is InChI=1S/C15H34N2/c1-5-8-13-17(14-9-6-2)15(4)10-12-16-11-7-3/h15-16H,5-14H2,1-4H3. The fourth-order valence-corrected chi connectivity index (χ4v) is 2.07. The Morgan fingerprint density at radius 2 is 1.47 bits per heavy atom. The van der Waals surface area contributed by atoms with Gasteiger partial charge in [0.25, 0.3) is 0 Å². The van der Waals surface area contributed by atoms with Crippen molar-refractivity contribution in [3.05, 3.63) is 0 Å². The van der Waals surface area contributed by atoms with Crippen molar-refractivity contribution >= 4 is 0 Å². The first-order valence-electron chi connectivity index (χ1n) is 7.70. The van der Waals surface area contributed by atoms with Crippen LogP contribution in [0.15, 0.2) is 0 Å². The Morgan fingerprint density at radius 3 is 1.94 bits per heavy atom. The highest BCUT2D eigenvalue weighted by molar-refractivity contribution is 4.68. The minimum absolute atomic E-state index is 0.734. The highest BCUT2D eigenvalue weighted by atomic mass is 15.1. The molecule has 17 heavy (non-hydrogen) atoms. The lowest BCUT2D eigenvalue weighted by Crippen LogP contribution is -2.37. The Labute approximate surface area is 109 Å². The van der Waals surface area contributed by atoms with Gasteiger partial charge in [0.1, 0.15) is 0 Å². The summed E-state index contributed by atoms with van der Waals surface area (Å²) in [5.41, 5.74) is 0. The normalized spacial score (nSPS) is 13.2. The molecule has 1 unspecified atom stereocenters. The molecule has 1 N–H and O–H groups in total. The quantitative estimate of drug-likeness (QED) is 0.525. The molecule has 0 saturated carbocycles. The van der Waals surface area contributed by atoms with Crippen LogP contribution in [0.3, 0.4) is 0 Å². The maximum absolute atomic E-state index is 3.51. The average molecular weight is 242 g/mol. The summed E-state index contributed by atoms with van der Waals surface area (Å²) in [7, 11) is 0. The third-order valence-corrected chi connectivity index (χ3v) is 3.39. The average Bonchev–Trinajstić information content (AvgIpc) is 2.34. The maximum Gasteiger partial charge on any atom is 0.00790 e. The molecule has 0 aliphatic heterocycles. The Morgan fingerprint density at radius 1 is 0.882 bits per heavy atom. The first-order chi connectivity index (χ1) is 8.26. The summed E-state index contributed by atoms with van der Waals surface area (Å²) in [5, 5.41) is 3.51. The molecule has 1 atom stereocenters. The van der Waals surface area contributed by atoms with Crippen LogP contribution in [0.25, 0.3) is 0 Å². The monoisotopic (exact) mass is 242 g/mol. The molecule has 0 heterocycles. The summed E-state index contributed by atoms with van der Waals surface area (Å²) in [6.07, 6.45) is 7.83. The predicted octanol–water partition coefficient (Wildman–Crippen LogP) is 3.67. The number of unbranched alkanes of at least 4 members (excludes halogenated alkanes) is 2. The van der Waals surface area contributed by atoms with Gasteiger partial charge in [0.15, 0.2) is 0 Å². The molecule has 2 heteroatoms. The Hall–Kier alpha value is -0.0800. The van der Waals surface area contributed by atoms with Crippen LogP contribution in [-0.4, -0.2) is 37.1 Å². The van der Waals surface area contributed by atoms with E-state index < -0.39 is 0 Å². The zero-order chi connectivity index (χ0) is 12.9. The van der Waals surface area contributed by atoms with Gasteiger partial charge in [0.05, 0.1) is 0 Å². The summed E-state index contributed by atoms with van der Waals surface area (Å²) in [4.78, 5) is 2.68. The van der Waals surface area contributed by atoms with Gasteiger partial charge in [0.2, 0.25) is 0 Å². The molecule has 0 saturated heterocycles. The largest absolute Gasteiger partial charge is 0.317 e. The molecule has 0 spiro atoms. The number of hydrogen-bond donors (Lipinski definition) is 1. The van der Waals surface area contributed by atoms with Gasteiger partial charge in [-0.2, -0.15) is 0 Å². The maximum atomic E-state index is 3.51. The number of hydrogen-bond acceptors (Lipinski definition) is 2. The van der Waals surface area contributed by atoms with Gasteiger partial charge >= 0.3 is 0 Å². The first kappa shape index (κ1) is 16.9. The van der Waals surface area contributed by atoms with Gasteiger partial charge in [-0.15, -0.1) is 0 Å². The van der Waals surface area contributed by atoms with Crippen LogP contribution >= 0.6 is 0 Å². The lowest BCUT2D eigenvalue weighted by Gasteiger charge is -2.29. The van der Waals surface area contributed by atoms with Crippen LogP contribution in [0.2, 0.25) is 0 Å².